The highest BCUT2D eigenvalue weighted by molar-refractivity contribution is 5.94. The van der Waals surface area contributed by atoms with E-state index in [0.717, 1.165) is 35.6 Å². The molecule has 0 radical (unpaired) electrons. The first-order valence-electron chi connectivity index (χ1n) is 10.8. The van der Waals surface area contributed by atoms with Crippen molar-refractivity contribution in [2.75, 3.05) is 18.4 Å². The maximum atomic E-state index is 13.8. The Bertz CT molecular complexity index is 973. The van der Waals surface area contributed by atoms with Crippen LogP contribution in [0.1, 0.15) is 50.6 Å². The highest BCUT2D eigenvalue weighted by Gasteiger charge is 2.21. The molecule has 176 valence electrons. The molecule has 0 spiro atoms. The topological polar surface area (TPSA) is 67.2 Å². The van der Waals surface area contributed by atoms with Gasteiger partial charge in [-0.15, -0.1) is 0 Å². The fourth-order valence-corrected chi connectivity index (χ4v) is 3.56. The highest BCUT2D eigenvalue weighted by Crippen LogP contribution is 2.20. The van der Waals surface area contributed by atoms with Gasteiger partial charge in [0.2, 0.25) is 11.8 Å². The number of aromatic nitrogens is 2. The molecule has 0 fully saturated rings. The van der Waals surface area contributed by atoms with Crippen molar-refractivity contribution in [2.24, 2.45) is 5.92 Å². The number of carbonyl (C=O) groups excluding carboxylic acids is 2. The Labute approximate surface area is 186 Å². The van der Waals surface area contributed by atoms with E-state index in [-0.39, 0.29) is 18.9 Å². The van der Waals surface area contributed by atoms with Gasteiger partial charge in [-0.25, -0.2) is 13.2 Å². The quantitative estimate of drug-likeness (QED) is 0.544. The Balaban J connectivity index is 2.03. The molecule has 1 aromatic carbocycles. The molecule has 0 saturated carbocycles. The Morgan fingerprint density at radius 3 is 2.47 bits per heavy atom. The molecule has 0 atom stereocenters. The lowest BCUT2D eigenvalue weighted by Crippen LogP contribution is -2.38. The van der Waals surface area contributed by atoms with Gasteiger partial charge in [-0.05, 0) is 50.3 Å². The molecule has 2 rings (SSSR count). The lowest BCUT2D eigenvalue weighted by atomic mass is 10.1. The largest absolute Gasteiger partial charge is 0.333 e. The van der Waals surface area contributed by atoms with Gasteiger partial charge < -0.3 is 10.2 Å². The van der Waals surface area contributed by atoms with Crippen molar-refractivity contribution in [3.05, 3.63) is 46.5 Å². The molecule has 1 heterocycles. The van der Waals surface area contributed by atoms with Crippen molar-refractivity contribution in [1.82, 2.24) is 14.7 Å². The molecule has 1 N–H and O–H groups in total. The zero-order chi connectivity index (χ0) is 24.0. The maximum absolute atomic E-state index is 13.8. The fourth-order valence-electron chi connectivity index (χ4n) is 3.56. The van der Waals surface area contributed by atoms with E-state index in [9.17, 15) is 22.8 Å². The van der Waals surface area contributed by atoms with Gasteiger partial charge in [-0.3, -0.25) is 14.3 Å². The van der Waals surface area contributed by atoms with Crippen molar-refractivity contribution in [2.45, 2.75) is 60.4 Å². The van der Waals surface area contributed by atoms with Gasteiger partial charge in [0.25, 0.3) is 0 Å². The van der Waals surface area contributed by atoms with Crippen molar-refractivity contribution in [3.8, 4) is 0 Å². The van der Waals surface area contributed by atoms with Gasteiger partial charge in [0.05, 0.1) is 17.9 Å². The summed E-state index contributed by atoms with van der Waals surface area (Å²) >= 11 is 0. The molecule has 9 heteroatoms. The number of rotatable bonds is 10. The lowest BCUT2D eigenvalue weighted by Gasteiger charge is -2.22. The minimum absolute atomic E-state index is 0.196. The van der Waals surface area contributed by atoms with Crippen molar-refractivity contribution >= 4 is 17.5 Å². The summed E-state index contributed by atoms with van der Waals surface area (Å²) in [5.41, 5.74) is 2.45. The number of nitrogens with zero attached hydrogens (tertiary/aromatic N) is 3. The van der Waals surface area contributed by atoms with E-state index in [0.29, 0.717) is 25.3 Å². The number of amides is 2. The first-order valence-corrected chi connectivity index (χ1v) is 10.8. The van der Waals surface area contributed by atoms with Crippen LogP contribution in [0.25, 0.3) is 0 Å². The number of halogens is 3. The smallest absolute Gasteiger partial charge is 0.244 e. The summed E-state index contributed by atoms with van der Waals surface area (Å²) in [6.45, 7) is 10.8. The first-order chi connectivity index (χ1) is 15.0. The number of carbonyl (C=O) groups is 2. The van der Waals surface area contributed by atoms with Crippen LogP contribution >= 0.6 is 0 Å². The number of anilines is 1. The van der Waals surface area contributed by atoms with Crippen LogP contribution in [0.2, 0.25) is 0 Å². The van der Waals surface area contributed by atoms with Crippen LogP contribution in [0.4, 0.5) is 18.9 Å². The summed E-state index contributed by atoms with van der Waals surface area (Å²) in [4.78, 5) is 26.5. The first kappa shape index (κ1) is 25.4. The maximum Gasteiger partial charge on any atom is 0.244 e. The predicted octanol–water partition coefficient (Wildman–Crippen LogP) is 4.38. The Morgan fingerprint density at radius 1 is 1.16 bits per heavy atom. The molecule has 32 heavy (non-hydrogen) atoms. The lowest BCUT2D eigenvalue weighted by molar-refractivity contribution is -0.134. The second-order valence-corrected chi connectivity index (χ2v) is 8.31. The summed E-state index contributed by atoms with van der Waals surface area (Å²) in [6, 6.07) is 1.67. The molecule has 6 nitrogen and oxygen atoms in total. The zero-order valence-corrected chi connectivity index (χ0v) is 19.3. The molecule has 0 aliphatic carbocycles. The third-order valence-electron chi connectivity index (χ3n) is 5.15. The molecule has 2 amide bonds. The van der Waals surface area contributed by atoms with E-state index in [1.54, 1.807) is 0 Å². The minimum atomic E-state index is -1.66. The van der Waals surface area contributed by atoms with Crippen molar-refractivity contribution in [1.29, 1.82) is 0 Å². The van der Waals surface area contributed by atoms with E-state index < -0.39 is 29.0 Å². The monoisotopic (exact) mass is 452 g/mol. The molecule has 0 saturated heterocycles. The number of hydrogen-bond donors (Lipinski definition) is 1. The Hall–Kier alpha value is -2.84. The zero-order valence-electron chi connectivity index (χ0n) is 19.3. The fraction of sp³-hybridized carbons (Fsp3) is 0.522. The van der Waals surface area contributed by atoms with Crippen LogP contribution in [0.5, 0.6) is 0 Å². The normalized spacial score (nSPS) is 11.2. The van der Waals surface area contributed by atoms with Gasteiger partial charge in [0.15, 0.2) is 17.5 Å². The molecule has 0 aliphatic heterocycles. The Kier molecular flexibility index (Phi) is 8.86. The average Bonchev–Trinajstić information content (AvgIpc) is 2.98. The SMILES string of the molecule is CCCN(CC(=O)Nc1ccc(F)c(F)c1F)C(=O)CCc1c(C)nn(CC(C)C)c1C. The summed E-state index contributed by atoms with van der Waals surface area (Å²) in [5.74, 6) is -4.94. The summed E-state index contributed by atoms with van der Waals surface area (Å²) in [5, 5.41) is 6.77. The predicted molar refractivity (Wildman–Crippen MR) is 117 cm³/mol. The van der Waals surface area contributed by atoms with E-state index in [1.165, 1.54) is 4.90 Å². The van der Waals surface area contributed by atoms with Crippen LogP contribution in [-0.2, 0) is 22.6 Å². The van der Waals surface area contributed by atoms with Gasteiger partial charge in [-0.1, -0.05) is 20.8 Å². The Morgan fingerprint density at radius 2 is 1.84 bits per heavy atom. The molecule has 0 bridgehead atoms. The summed E-state index contributed by atoms with van der Waals surface area (Å²) < 4.78 is 42.2. The minimum Gasteiger partial charge on any atom is -0.333 e. The van der Waals surface area contributed by atoms with Crippen molar-refractivity contribution in [3.63, 3.8) is 0 Å². The van der Waals surface area contributed by atoms with Crippen LogP contribution < -0.4 is 5.32 Å². The van der Waals surface area contributed by atoms with Crippen LogP contribution in [0, 0.1) is 37.2 Å². The average molecular weight is 453 g/mol. The highest BCUT2D eigenvalue weighted by atomic mass is 19.2. The summed E-state index contributed by atoms with van der Waals surface area (Å²) in [6.07, 6.45) is 1.32. The van der Waals surface area contributed by atoms with Crippen LogP contribution in [0.15, 0.2) is 12.1 Å². The molecule has 0 unspecified atom stereocenters. The molecule has 1 aromatic heterocycles. The van der Waals surface area contributed by atoms with Crippen LogP contribution in [0.3, 0.4) is 0 Å². The van der Waals surface area contributed by atoms with Gasteiger partial charge >= 0.3 is 0 Å². The van der Waals surface area contributed by atoms with E-state index >= 15 is 0 Å². The number of aryl methyl sites for hydroxylation is 1. The number of nitrogens with one attached hydrogen (secondary N) is 1. The second-order valence-electron chi connectivity index (χ2n) is 8.31. The van der Waals surface area contributed by atoms with Crippen molar-refractivity contribution < 1.29 is 22.8 Å². The molecular formula is C23H31F3N4O2. The molecule has 2 aromatic rings. The number of hydrogen-bond acceptors (Lipinski definition) is 3. The third kappa shape index (κ3) is 6.34. The summed E-state index contributed by atoms with van der Waals surface area (Å²) in [7, 11) is 0. The van der Waals surface area contributed by atoms with Crippen LogP contribution in [-0.4, -0.2) is 39.6 Å². The van der Waals surface area contributed by atoms with Gasteiger partial charge in [0.1, 0.15) is 0 Å². The van der Waals surface area contributed by atoms with Gasteiger partial charge in [-0.2, -0.15) is 5.10 Å². The number of benzene rings is 1. The van der Waals surface area contributed by atoms with Gasteiger partial charge in [0, 0.05) is 25.2 Å². The van der Waals surface area contributed by atoms with E-state index in [4.69, 9.17) is 0 Å². The van der Waals surface area contributed by atoms with E-state index in [2.05, 4.69) is 24.3 Å². The molecular weight excluding hydrogens is 421 g/mol. The van der Waals surface area contributed by atoms with E-state index in [1.807, 2.05) is 25.5 Å². The standard InChI is InChI=1S/C23H31F3N4O2/c1-6-11-29(13-20(31)27-19-9-8-18(24)22(25)23(19)26)21(32)10-7-17-15(4)28-30(16(17)5)12-14(2)3/h8-9,14H,6-7,10-13H2,1-5H3,(H,27,31). The molecule has 0 aliphatic rings. The third-order valence-corrected chi connectivity index (χ3v) is 5.15. The second kappa shape index (κ2) is 11.2.